The number of benzene rings is 1. The average Bonchev–Trinajstić information content (AvgIpc) is 2.29. The van der Waals surface area contributed by atoms with Crippen LogP contribution in [0.2, 0.25) is 5.02 Å². The number of hydrogen-bond acceptors (Lipinski definition) is 3. The Kier molecular flexibility index (Phi) is 5.51. The second kappa shape index (κ2) is 6.66. The molecule has 0 spiro atoms. The van der Waals surface area contributed by atoms with E-state index in [1.165, 1.54) is 0 Å². The van der Waals surface area contributed by atoms with E-state index in [9.17, 15) is 0 Å². The molecule has 1 rings (SSSR count). The van der Waals surface area contributed by atoms with Crippen LogP contribution in [0.3, 0.4) is 0 Å². The summed E-state index contributed by atoms with van der Waals surface area (Å²) in [5.74, 6) is 1.21. The highest BCUT2D eigenvalue weighted by molar-refractivity contribution is 6.32. The number of rotatable bonds is 5. The molecule has 1 aromatic carbocycles. The number of ether oxygens (including phenoxy) is 2. The van der Waals surface area contributed by atoms with E-state index in [0.717, 1.165) is 11.1 Å². The van der Waals surface area contributed by atoms with E-state index in [1.807, 2.05) is 39.0 Å². The van der Waals surface area contributed by atoms with Gasteiger partial charge in [0.05, 0.1) is 18.7 Å². The first-order valence-corrected chi connectivity index (χ1v) is 6.31. The molecule has 0 heterocycles. The number of methoxy groups -OCH3 is 1. The first-order valence-electron chi connectivity index (χ1n) is 5.93. The molecule has 18 heavy (non-hydrogen) atoms. The molecule has 4 heteroatoms. The molecule has 0 bridgehead atoms. The van der Waals surface area contributed by atoms with Crippen molar-refractivity contribution in [3.63, 3.8) is 0 Å². The van der Waals surface area contributed by atoms with Crippen molar-refractivity contribution in [3.8, 4) is 11.5 Å². The van der Waals surface area contributed by atoms with E-state index in [4.69, 9.17) is 26.8 Å². The zero-order valence-electron chi connectivity index (χ0n) is 11.3. The average molecular weight is 270 g/mol. The topological polar surface area (TPSA) is 44.5 Å². The van der Waals surface area contributed by atoms with Crippen molar-refractivity contribution in [2.45, 2.75) is 26.8 Å². The quantitative estimate of drug-likeness (QED) is 0.890. The van der Waals surface area contributed by atoms with Gasteiger partial charge in [0.2, 0.25) is 0 Å². The molecule has 0 radical (unpaired) electrons. The number of nitrogens with two attached hydrogens (primary N) is 1. The molecule has 1 aromatic rings. The summed E-state index contributed by atoms with van der Waals surface area (Å²) in [7, 11) is 1.58. The van der Waals surface area contributed by atoms with Crippen LogP contribution >= 0.6 is 11.6 Å². The summed E-state index contributed by atoms with van der Waals surface area (Å²) in [6, 6.07) is 3.76. The van der Waals surface area contributed by atoms with Crippen LogP contribution in [0.4, 0.5) is 0 Å². The van der Waals surface area contributed by atoms with Crippen molar-refractivity contribution in [2.75, 3.05) is 13.7 Å². The first-order chi connectivity index (χ1) is 8.49. The smallest absolute Gasteiger partial charge is 0.179 e. The molecule has 0 saturated carbocycles. The third-order valence-corrected chi connectivity index (χ3v) is 2.93. The molecule has 0 fully saturated rings. The maximum atomic E-state index is 6.17. The Labute approximate surface area is 114 Å². The Hall–Kier alpha value is -1.19. The van der Waals surface area contributed by atoms with Crippen LogP contribution in [0.15, 0.2) is 17.7 Å². The van der Waals surface area contributed by atoms with Gasteiger partial charge in [-0.1, -0.05) is 23.3 Å². The number of hydrogen-bond donors (Lipinski definition) is 1. The van der Waals surface area contributed by atoms with E-state index in [0.29, 0.717) is 23.1 Å². The Bertz CT molecular complexity index is 442. The molecule has 0 aliphatic heterocycles. The predicted molar refractivity (Wildman–Crippen MR) is 76.5 cm³/mol. The number of halogens is 1. The fraction of sp³-hybridized carbons (Fsp3) is 0.429. The van der Waals surface area contributed by atoms with Crippen molar-refractivity contribution >= 4 is 17.7 Å². The Morgan fingerprint density at radius 2 is 2.17 bits per heavy atom. The summed E-state index contributed by atoms with van der Waals surface area (Å²) >= 11 is 6.17. The molecule has 2 N–H and O–H groups in total. The Balaban J connectivity index is 3.20. The predicted octanol–water partition coefficient (Wildman–Crippen LogP) is 3.50. The molecule has 0 amide bonds. The van der Waals surface area contributed by atoms with Gasteiger partial charge >= 0.3 is 0 Å². The lowest BCUT2D eigenvalue weighted by Gasteiger charge is -2.12. The monoisotopic (exact) mass is 269 g/mol. The first kappa shape index (κ1) is 14.9. The van der Waals surface area contributed by atoms with Gasteiger partial charge in [0.15, 0.2) is 11.5 Å². The van der Waals surface area contributed by atoms with Gasteiger partial charge in [-0.3, -0.25) is 0 Å². The SMILES string of the molecule is CCOc1cc(/C=C(/C)C(C)N)cc(Cl)c1OC. The summed E-state index contributed by atoms with van der Waals surface area (Å²) in [6.07, 6.45) is 2.00. The van der Waals surface area contributed by atoms with Gasteiger partial charge in [0.25, 0.3) is 0 Å². The molecule has 1 unspecified atom stereocenters. The van der Waals surface area contributed by atoms with Crippen LogP contribution in [0.1, 0.15) is 26.3 Å². The minimum absolute atomic E-state index is 0.0152. The summed E-state index contributed by atoms with van der Waals surface area (Å²) in [6.45, 7) is 6.42. The van der Waals surface area contributed by atoms with E-state index in [2.05, 4.69) is 0 Å². The van der Waals surface area contributed by atoms with Gasteiger partial charge in [-0.05, 0) is 38.5 Å². The van der Waals surface area contributed by atoms with Gasteiger partial charge in [-0.15, -0.1) is 0 Å². The summed E-state index contributed by atoms with van der Waals surface area (Å²) in [5.41, 5.74) is 7.86. The van der Waals surface area contributed by atoms with Crippen molar-refractivity contribution < 1.29 is 9.47 Å². The van der Waals surface area contributed by atoms with Gasteiger partial charge in [0, 0.05) is 6.04 Å². The van der Waals surface area contributed by atoms with Gasteiger partial charge < -0.3 is 15.2 Å². The molecule has 3 nitrogen and oxygen atoms in total. The fourth-order valence-corrected chi connectivity index (χ4v) is 1.82. The van der Waals surface area contributed by atoms with Crippen LogP contribution in [-0.2, 0) is 0 Å². The molecular formula is C14H20ClNO2. The highest BCUT2D eigenvalue weighted by Gasteiger charge is 2.11. The molecule has 0 aromatic heterocycles. The van der Waals surface area contributed by atoms with Crippen LogP contribution in [0.25, 0.3) is 6.08 Å². The Morgan fingerprint density at radius 1 is 1.50 bits per heavy atom. The van der Waals surface area contributed by atoms with Crippen molar-refractivity contribution in [1.82, 2.24) is 0 Å². The largest absolute Gasteiger partial charge is 0.491 e. The van der Waals surface area contributed by atoms with Crippen LogP contribution in [0.5, 0.6) is 11.5 Å². The lowest BCUT2D eigenvalue weighted by molar-refractivity contribution is 0.311. The molecule has 0 aliphatic rings. The van der Waals surface area contributed by atoms with Crippen molar-refractivity contribution in [1.29, 1.82) is 0 Å². The Morgan fingerprint density at radius 3 is 2.67 bits per heavy atom. The fourth-order valence-electron chi connectivity index (χ4n) is 1.53. The van der Waals surface area contributed by atoms with E-state index in [1.54, 1.807) is 7.11 Å². The third-order valence-electron chi connectivity index (χ3n) is 2.65. The van der Waals surface area contributed by atoms with Crippen LogP contribution in [0, 0.1) is 0 Å². The highest BCUT2D eigenvalue weighted by atomic mass is 35.5. The zero-order valence-corrected chi connectivity index (χ0v) is 12.0. The second-order valence-electron chi connectivity index (χ2n) is 4.14. The minimum Gasteiger partial charge on any atom is -0.491 e. The lowest BCUT2D eigenvalue weighted by atomic mass is 10.1. The molecule has 100 valence electrons. The molecule has 0 saturated heterocycles. The summed E-state index contributed by atoms with van der Waals surface area (Å²) in [5, 5.41) is 0.534. The standard InChI is InChI=1S/C14H20ClNO2/c1-5-18-13-8-11(6-9(2)10(3)16)7-12(15)14(13)17-4/h6-8,10H,5,16H2,1-4H3/b9-6-. The van der Waals surface area contributed by atoms with Gasteiger partial charge in [-0.25, -0.2) is 0 Å². The third kappa shape index (κ3) is 3.65. The second-order valence-corrected chi connectivity index (χ2v) is 4.55. The normalized spacial score (nSPS) is 13.3. The minimum atomic E-state index is 0.0152. The molecule has 1 atom stereocenters. The van der Waals surface area contributed by atoms with Crippen LogP contribution < -0.4 is 15.2 Å². The van der Waals surface area contributed by atoms with E-state index in [-0.39, 0.29) is 6.04 Å². The highest BCUT2D eigenvalue weighted by Crippen LogP contribution is 2.36. The summed E-state index contributed by atoms with van der Waals surface area (Å²) in [4.78, 5) is 0. The van der Waals surface area contributed by atoms with E-state index < -0.39 is 0 Å². The van der Waals surface area contributed by atoms with Gasteiger partial charge in [-0.2, -0.15) is 0 Å². The lowest BCUT2D eigenvalue weighted by Crippen LogP contribution is -2.15. The van der Waals surface area contributed by atoms with E-state index >= 15 is 0 Å². The van der Waals surface area contributed by atoms with Crippen LogP contribution in [-0.4, -0.2) is 19.8 Å². The van der Waals surface area contributed by atoms with Crippen molar-refractivity contribution in [3.05, 3.63) is 28.3 Å². The maximum Gasteiger partial charge on any atom is 0.179 e. The molecular weight excluding hydrogens is 250 g/mol. The zero-order chi connectivity index (χ0) is 13.7. The van der Waals surface area contributed by atoms with Crippen molar-refractivity contribution in [2.24, 2.45) is 5.73 Å². The molecule has 0 aliphatic carbocycles. The maximum absolute atomic E-state index is 6.17. The summed E-state index contributed by atoms with van der Waals surface area (Å²) < 4.78 is 10.8. The van der Waals surface area contributed by atoms with Gasteiger partial charge in [0.1, 0.15) is 0 Å².